The van der Waals surface area contributed by atoms with Crippen LogP contribution >= 0.6 is 0 Å². The molecule has 0 bridgehead atoms. The Labute approximate surface area is 157 Å². The summed E-state index contributed by atoms with van der Waals surface area (Å²) in [6, 6.07) is 17.4. The van der Waals surface area contributed by atoms with E-state index in [0.29, 0.717) is 18.1 Å². The first-order valence-electron chi connectivity index (χ1n) is 8.67. The number of rotatable bonds is 8. The minimum atomic E-state index is -4.30. The molecule has 2 rings (SSSR count). The molecule has 4 nitrogen and oxygen atoms in total. The molecule has 0 radical (unpaired) electrons. The molecule has 0 saturated carbocycles. The zero-order valence-corrected chi connectivity index (χ0v) is 15.2. The standard InChI is InChI=1S/C20H24F3N3O/c1-24-19(25-12-11-16-5-3-2-4-6-16)26-13-17-7-9-18(10-8-17)14-27-15-20(21,22)23/h2-10H,11-15H2,1H3,(H2,24,25,26). The third-order valence-corrected chi connectivity index (χ3v) is 3.79. The van der Waals surface area contributed by atoms with Gasteiger partial charge < -0.3 is 15.4 Å². The van der Waals surface area contributed by atoms with Crippen molar-refractivity contribution in [3.8, 4) is 0 Å². The number of nitrogens with zero attached hydrogens (tertiary/aromatic N) is 1. The Hall–Kier alpha value is -2.54. The smallest absolute Gasteiger partial charge is 0.367 e. The lowest BCUT2D eigenvalue weighted by molar-refractivity contribution is -0.176. The van der Waals surface area contributed by atoms with Crippen molar-refractivity contribution in [3.63, 3.8) is 0 Å². The summed E-state index contributed by atoms with van der Waals surface area (Å²) < 4.78 is 40.9. The molecule has 2 N–H and O–H groups in total. The number of aliphatic imine (C=N–C) groups is 1. The number of halogens is 3. The normalized spacial score (nSPS) is 12.1. The van der Waals surface area contributed by atoms with Crippen LogP contribution in [0, 0.1) is 0 Å². The summed E-state index contributed by atoms with van der Waals surface area (Å²) >= 11 is 0. The molecule has 0 aromatic heterocycles. The van der Waals surface area contributed by atoms with Crippen molar-refractivity contribution in [3.05, 3.63) is 71.3 Å². The summed E-state index contributed by atoms with van der Waals surface area (Å²) in [5.41, 5.74) is 2.96. The van der Waals surface area contributed by atoms with Gasteiger partial charge in [-0.25, -0.2) is 0 Å². The Morgan fingerprint density at radius 2 is 1.59 bits per heavy atom. The van der Waals surface area contributed by atoms with Crippen LogP contribution in [0.25, 0.3) is 0 Å². The maximum absolute atomic E-state index is 12.1. The van der Waals surface area contributed by atoms with Gasteiger partial charge in [-0.3, -0.25) is 4.99 Å². The molecule has 0 aliphatic carbocycles. The average Bonchev–Trinajstić information content (AvgIpc) is 2.65. The highest BCUT2D eigenvalue weighted by molar-refractivity contribution is 5.79. The van der Waals surface area contributed by atoms with Crippen LogP contribution in [0.15, 0.2) is 59.6 Å². The number of hydrogen-bond donors (Lipinski definition) is 2. The van der Waals surface area contributed by atoms with E-state index in [4.69, 9.17) is 0 Å². The maximum Gasteiger partial charge on any atom is 0.411 e. The molecule has 7 heteroatoms. The van der Waals surface area contributed by atoms with Gasteiger partial charge in [-0.15, -0.1) is 0 Å². The summed E-state index contributed by atoms with van der Waals surface area (Å²) in [6.45, 7) is 0.0328. The minimum absolute atomic E-state index is 0.0596. The molecular weight excluding hydrogens is 355 g/mol. The number of alkyl halides is 3. The molecule has 0 amide bonds. The van der Waals surface area contributed by atoms with Crippen molar-refractivity contribution in [2.75, 3.05) is 20.2 Å². The number of hydrogen-bond acceptors (Lipinski definition) is 2. The zero-order chi connectivity index (χ0) is 19.5. The monoisotopic (exact) mass is 379 g/mol. The summed E-state index contributed by atoms with van der Waals surface area (Å²) in [6.07, 6.45) is -3.40. The fourth-order valence-corrected chi connectivity index (χ4v) is 2.41. The fraction of sp³-hybridized carbons (Fsp3) is 0.350. The molecule has 0 heterocycles. The van der Waals surface area contributed by atoms with Gasteiger partial charge in [-0.05, 0) is 23.1 Å². The van der Waals surface area contributed by atoms with Gasteiger partial charge in [0.1, 0.15) is 6.61 Å². The van der Waals surface area contributed by atoms with Crippen molar-refractivity contribution < 1.29 is 17.9 Å². The van der Waals surface area contributed by atoms with E-state index >= 15 is 0 Å². The van der Waals surface area contributed by atoms with E-state index in [1.807, 2.05) is 30.3 Å². The van der Waals surface area contributed by atoms with E-state index in [1.54, 1.807) is 19.2 Å². The molecule has 0 spiro atoms. The first-order valence-corrected chi connectivity index (χ1v) is 8.67. The summed E-state index contributed by atoms with van der Waals surface area (Å²) in [5, 5.41) is 6.47. The lowest BCUT2D eigenvalue weighted by atomic mass is 10.1. The molecular formula is C20H24F3N3O. The van der Waals surface area contributed by atoms with E-state index in [9.17, 15) is 13.2 Å². The molecule has 2 aromatic rings. The Kier molecular flexibility index (Phi) is 8.13. The van der Waals surface area contributed by atoms with Crippen LogP contribution in [0.3, 0.4) is 0 Å². The molecule has 0 unspecified atom stereocenters. The van der Waals surface area contributed by atoms with Gasteiger partial charge in [0.25, 0.3) is 0 Å². The van der Waals surface area contributed by atoms with Crippen molar-refractivity contribution in [2.24, 2.45) is 4.99 Å². The van der Waals surface area contributed by atoms with Crippen molar-refractivity contribution in [1.82, 2.24) is 10.6 Å². The van der Waals surface area contributed by atoms with E-state index in [2.05, 4.69) is 32.5 Å². The van der Waals surface area contributed by atoms with Crippen molar-refractivity contribution in [2.45, 2.75) is 25.7 Å². The second-order valence-electron chi connectivity index (χ2n) is 6.01. The van der Waals surface area contributed by atoms with E-state index in [-0.39, 0.29) is 6.61 Å². The van der Waals surface area contributed by atoms with Gasteiger partial charge in [0.15, 0.2) is 5.96 Å². The maximum atomic E-state index is 12.1. The highest BCUT2D eigenvalue weighted by atomic mass is 19.4. The predicted molar refractivity (Wildman–Crippen MR) is 101 cm³/mol. The average molecular weight is 379 g/mol. The Morgan fingerprint density at radius 1 is 0.926 bits per heavy atom. The second-order valence-corrected chi connectivity index (χ2v) is 6.01. The van der Waals surface area contributed by atoms with Crippen LogP contribution in [0.5, 0.6) is 0 Å². The van der Waals surface area contributed by atoms with E-state index in [1.165, 1.54) is 5.56 Å². The first kappa shape index (κ1) is 20.8. The molecule has 2 aromatic carbocycles. The first-order chi connectivity index (χ1) is 13.0. The number of ether oxygens (including phenoxy) is 1. The summed E-state index contributed by atoms with van der Waals surface area (Å²) in [7, 11) is 1.71. The number of benzene rings is 2. The van der Waals surface area contributed by atoms with Crippen molar-refractivity contribution in [1.29, 1.82) is 0 Å². The highest BCUT2D eigenvalue weighted by Gasteiger charge is 2.27. The van der Waals surface area contributed by atoms with Gasteiger partial charge in [0.2, 0.25) is 0 Å². The highest BCUT2D eigenvalue weighted by Crippen LogP contribution is 2.15. The lowest BCUT2D eigenvalue weighted by Crippen LogP contribution is -2.37. The number of nitrogens with one attached hydrogen (secondary N) is 2. The predicted octanol–water partition coefficient (Wildman–Crippen LogP) is 3.67. The molecule has 0 atom stereocenters. The fourth-order valence-electron chi connectivity index (χ4n) is 2.41. The molecule has 0 saturated heterocycles. The summed E-state index contributed by atoms with van der Waals surface area (Å²) in [4.78, 5) is 4.18. The molecule has 27 heavy (non-hydrogen) atoms. The third-order valence-electron chi connectivity index (χ3n) is 3.79. The van der Waals surface area contributed by atoms with Crippen LogP contribution in [0.2, 0.25) is 0 Å². The van der Waals surface area contributed by atoms with Crippen LogP contribution in [-0.2, 0) is 24.3 Å². The van der Waals surface area contributed by atoms with Gasteiger partial charge >= 0.3 is 6.18 Å². The minimum Gasteiger partial charge on any atom is -0.367 e. The van der Waals surface area contributed by atoms with Gasteiger partial charge in [-0.2, -0.15) is 13.2 Å². The Bertz CT molecular complexity index is 701. The third kappa shape index (κ3) is 8.59. The number of guanidine groups is 1. The second kappa shape index (κ2) is 10.6. The van der Waals surface area contributed by atoms with Gasteiger partial charge in [0, 0.05) is 20.1 Å². The quantitative estimate of drug-likeness (QED) is 0.543. The Balaban J connectivity index is 1.71. The molecule has 0 aliphatic rings. The van der Waals surface area contributed by atoms with Crippen LogP contribution < -0.4 is 10.6 Å². The molecule has 0 aliphatic heterocycles. The molecule has 0 fully saturated rings. The van der Waals surface area contributed by atoms with Crippen molar-refractivity contribution >= 4 is 5.96 Å². The lowest BCUT2D eigenvalue weighted by Gasteiger charge is -2.12. The van der Waals surface area contributed by atoms with Gasteiger partial charge in [-0.1, -0.05) is 54.6 Å². The van der Waals surface area contributed by atoms with Crippen LogP contribution in [-0.4, -0.2) is 32.3 Å². The van der Waals surface area contributed by atoms with E-state index in [0.717, 1.165) is 18.5 Å². The summed E-state index contributed by atoms with van der Waals surface area (Å²) in [5.74, 6) is 0.698. The SMILES string of the molecule is CN=C(NCCc1ccccc1)NCc1ccc(COCC(F)(F)F)cc1. The van der Waals surface area contributed by atoms with Crippen LogP contribution in [0.1, 0.15) is 16.7 Å². The van der Waals surface area contributed by atoms with Gasteiger partial charge in [0.05, 0.1) is 6.61 Å². The largest absolute Gasteiger partial charge is 0.411 e. The van der Waals surface area contributed by atoms with E-state index < -0.39 is 12.8 Å². The molecule has 146 valence electrons. The van der Waals surface area contributed by atoms with Crippen LogP contribution in [0.4, 0.5) is 13.2 Å². The topological polar surface area (TPSA) is 45.7 Å². The Morgan fingerprint density at radius 3 is 2.22 bits per heavy atom. The zero-order valence-electron chi connectivity index (χ0n) is 15.2.